The number of aliphatic imine (C=N–C) groups is 1. The van der Waals surface area contributed by atoms with Gasteiger partial charge in [-0.2, -0.15) is 0 Å². The molecular formula is C20H35IN4O4S. The molecule has 1 fully saturated rings. The third-order valence-corrected chi connectivity index (χ3v) is 6.87. The molecule has 0 bridgehead atoms. The Bertz CT molecular complexity index is 753. The van der Waals surface area contributed by atoms with Gasteiger partial charge < -0.3 is 20.1 Å². The molecule has 1 aliphatic rings. The van der Waals surface area contributed by atoms with Crippen LogP contribution in [0.5, 0.6) is 11.5 Å². The third-order valence-electron chi connectivity index (χ3n) is 4.80. The number of methoxy groups -OCH3 is 1. The minimum atomic E-state index is -3.10. The molecule has 1 aromatic rings. The smallest absolute Gasteiger partial charge is 0.214 e. The van der Waals surface area contributed by atoms with Crippen LogP contribution in [0, 0.1) is 0 Å². The fourth-order valence-electron chi connectivity index (χ4n) is 3.21. The second-order valence-electron chi connectivity index (χ2n) is 7.01. The minimum absolute atomic E-state index is 0. The summed E-state index contributed by atoms with van der Waals surface area (Å²) < 4.78 is 36.9. The summed E-state index contributed by atoms with van der Waals surface area (Å²) in [6, 6.07) is 7.78. The molecule has 0 atom stereocenters. The van der Waals surface area contributed by atoms with E-state index in [2.05, 4.69) is 15.6 Å². The van der Waals surface area contributed by atoms with E-state index in [0.29, 0.717) is 26.1 Å². The van der Waals surface area contributed by atoms with Gasteiger partial charge in [-0.1, -0.05) is 13.0 Å². The molecule has 8 nitrogen and oxygen atoms in total. The first-order chi connectivity index (χ1) is 14.0. The highest BCUT2D eigenvalue weighted by atomic mass is 127. The molecule has 1 heterocycles. The van der Waals surface area contributed by atoms with E-state index in [1.165, 1.54) is 0 Å². The van der Waals surface area contributed by atoms with Gasteiger partial charge in [0.05, 0.1) is 19.5 Å². The van der Waals surface area contributed by atoms with E-state index in [-0.39, 0.29) is 35.8 Å². The number of halogens is 1. The van der Waals surface area contributed by atoms with Crippen molar-refractivity contribution in [1.29, 1.82) is 0 Å². The van der Waals surface area contributed by atoms with Crippen molar-refractivity contribution in [3.05, 3.63) is 24.3 Å². The summed E-state index contributed by atoms with van der Waals surface area (Å²) in [4.78, 5) is 4.26. The van der Waals surface area contributed by atoms with Gasteiger partial charge in [0.25, 0.3) is 0 Å². The van der Waals surface area contributed by atoms with Crippen LogP contribution in [0.1, 0.15) is 32.6 Å². The van der Waals surface area contributed by atoms with E-state index in [4.69, 9.17) is 9.47 Å². The van der Waals surface area contributed by atoms with Gasteiger partial charge in [-0.05, 0) is 37.8 Å². The number of nitrogens with zero attached hydrogens (tertiary/aromatic N) is 2. The van der Waals surface area contributed by atoms with Crippen molar-refractivity contribution in [2.45, 2.75) is 38.6 Å². The Hall–Kier alpha value is -1.27. The number of rotatable bonds is 10. The molecule has 2 rings (SSSR count). The molecule has 2 N–H and O–H groups in total. The van der Waals surface area contributed by atoms with E-state index in [1.807, 2.05) is 31.2 Å². The lowest BCUT2D eigenvalue weighted by atomic mass is 10.1. The van der Waals surface area contributed by atoms with E-state index in [1.54, 1.807) is 18.5 Å². The average molecular weight is 554 g/mol. The van der Waals surface area contributed by atoms with Crippen LogP contribution in [0.2, 0.25) is 0 Å². The van der Waals surface area contributed by atoms with Crippen LogP contribution in [0.25, 0.3) is 0 Å². The fraction of sp³-hybridized carbons (Fsp3) is 0.650. The Labute approximate surface area is 197 Å². The van der Waals surface area contributed by atoms with E-state index >= 15 is 0 Å². The Morgan fingerprint density at radius 3 is 2.60 bits per heavy atom. The quantitative estimate of drug-likeness (QED) is 0.200. The summed E-state index contributed by atoms with van der Waals surface area (Å²) in [6.07, 6.45) is 3.04. The van der Waals surface area contributed by atoms with E-state index in [0.717, 1.165) is 43.3 Å². The average Bonchev–Trinajstić information content (AvgIpc) is 2.73. The number of piperidine rings is 1. The SMILES string of the molecule is CCCS(=O)(=O)N1CCC(NC(=NC)NCCCOc2cccc(OC)c2)CC1.I. The molecule has 0 aromatic heterocycles. The molecule has 0 unspecified atom stereocenters. The number of ether oxygens (including phenoxy) is 2. The van der Waals surface area contributed by atoms with Crippen LogP contribution < -0.4 is 20.1 Å². The molecule has 172 valence electrons. The first kappa shape index (κ1) is 26.8. The molecule has 30 heavy (non-hydrogen) atoms. The molecule has 0 radical (unpaired) electrons. The summed E-state index contributed by atoms with van der Waals surface area (Å²) in [5.41, 5.74) is 0. The number of hydrogen-bond acceptors (Lipinski definition) is 5. The van der Waals surface area contributed by atoms with Crippen LogP contribution in [-0.4, -0.2) is 70.9 Å². The van der Waals surface area contributed by atoms with Gasteiger partial charge in [0.2, 0.25) is 10.0 Å². The van der Waals surface area contributed by atoms with E-state index in [9.17, 15) is 8.42 Å². The molecule has 1 saturated heterocycles. The van der Waals surface area contributed by atoms with Crippen LogP contribution >= 0.6 is 24.0 Å². The number of hydrogen-bond donors (Lipinski definition) is 2. The topological polar surface area (TPSA) is 92.3 Å². The van der Waals surface area contributed by atoms with Crippen LogP contribution in [-0.2, 0) is 10.0 Å². The number of benzene rings is 1. The number of nitrogens with one attached hydrogen (secondary N) is 2. The minimum Gasteiger partial charge on any atom is -0.497 e. The van der Waals surface area contributed by atoms with Crippen molar-refractivity contribution in [2.75, 3.05) is 46.2 Å². The predicted octanol–water partition coefficient (Wildman–Crippen LogP) is 2.45. The van der Waals surface area contributed by atoms with Crippen LogP contribution in [0.3, 0.4) is 0 Å². The van der Waals surface area contributed by atoms with Gasteiger partial charge in [0.1, 0.15) is 11.5 Å². The van der Waals surface area contributed by atoms with Gasteiger partial charge in [-0.25, -0.2) is 12.7 Å². The van der Waals surface area contributed by atoms with Gasteiger partial charge in [-0.15, -0.1) is 24.0 Å². The normalized spacial score (nSPS) is 15.9. The van der Waals surface area contributed by atoms with Gasteiger partial charge in [0.15, 0.2) is 5.96 Å². The Morgan fingerprint density at radius 1 is 1.27 bits per heavy atom. The Balaban J connectivity index is 0.00000450. The zero-order chi connectivity index (χ0) is 21.1. The lowest BCUT2D eigenvalue weighted by Crippen LogP contribution is -2.50. The lowest BCUT2D eigenvalue weighted by molar-refractivity contribution is 0.303. The van der Waals surface area contributed by atoms with Gasteiger partial charge >= 0.3 is 0 Å². The molecule has 0 spiro atoms. The fourth-order valence-corrected chi connectivity index (χ4v) is 4.75. The standard InChI is InChI=1S/C20H34N4O4S.HI/c1-4-15-29(25,26)24-12-9-17(10-13-24)23-20(21-2)22-11-6-14-28-19-8-5-7-18(16-19)27-3;/h5,7-8,16-17H,4,6,9-15H2,1-3H3,(H2,21,22,23);1H. The summed E-state index contributed by atoms with van der Waals surface area (Å²) in [7, 11) is 0.273. The maximum absolute atomic E-state index is 12.2. The molecule has 1 aromatic carbocycles. The first-order valence-corrected chi connectivity index (χ1v) is 11.8. The number of guanidine groups is 1. The van der Waals surface area contributed by atoms with Crippen molar-refractivity contribution in [3.8, 4) is 11.5 Å². The molecule has 1 aliphatic heterocycles. The summed E-state index contributed by atoms with van der Waals surface area (Å²) in [5, 5.41) is 6.68. The number of sulfonamides is 1. The maximum atomic E-state index is 12.2. The van der Waals surface area contributed by atoms with Crippen LogP contribution in [0.15, 0.2) is 29.3 Å². The van der Waals surface area contributed by atoms with Crippen molar-refractivity contribution in [1.82, 2.24) is 14.9 Å². The predicted molar refractivity (Wildman–Crippen MR) is 132 cm³/mol. The highest BCUT2D eigenvalue weighted by Crippen LogP contribution is 2.19. The molecule has 0 saturated carbocycles. The van der Waals surface area contributed by atoms with E-state index < -0.39 is 10.0 Å². The maximum Gasteiger partial charge on any atom is 0.214 e. The largest absolute Gasteiger partial charge is 0.497 e. The second kappa shape index (κ2) is 13.9. The first-order valence-electron chi connectivity index (χ1n) is 10.2. The summed E-state index contributed by atoms with van der Waals surface area (Å²) in [5.74, 6) is 2.53. The van der Waals surface area contributed by atoms with Gasteiger partial charge in [0, 0.05) is 38.8 Å². The lowest BCUT2D eigenvalue weighted by Gasteiger charge is -2.32. The van der Waals surface area contributed by atoms with Crippen molar-refractivity contribution >= 4 is 40.0 Å². The Kier molecular flexibility index (Phi) is 12.4. The molecule has 0 aliphatic carbocycles. The molecule has 10 heteroatoms. The van der Waals surface area contributed by atoms with Crippen molar-refractivity contribution in [2.24, 2.45) is 4.99 Å². The molecular weight excluding hydrogens is 519 g/mol. The highest BCUT2D eigenvalue weighted by molar-refractivity contribution is 14.0. The monoisotopic (exact) mass is 554 g/mol. The second-order valence-corrected chi connectivity index (χ2v) is 9.10. The summed E-state index contributed by atoms with van der Waals surface area (Å²) >= 11 is 0. The zero-order valence-electron chi connectivity index (χ0n) is 18.1. The molecule has 0 amide bonds. The summed E-state index contributed by atoms with van der Waals surface area (Å²) in [6.45, 7) is 4.33. The van der Waals surface area contributed by atoms with Crippen LogP contribution in [0.4, 0.5) is 0 Å². The zero-order valence-corrected chi connectivity index (χ0v) is 21.2. The van der Waals surface area contributed by atoms with Crippen molar-refractivity contribution in [3.63, 3.8) is 0 Å². The van der Waals surface area contributed by atoms with Crippen molar-refractivity contribution < 1.29 is 17.9 Å². The third kappa shape index (κ3) is 8.84. The Morgan fingerprint density at radius 2 is 1.97 bits per heavy atom. The van der Waals surface area contributed by atoms with Gasteiger partial charge in [-0.3, -0.25) is 4.99 Å². The highest BCUT2D eigenvalue weighted by Gasteiger charge is 2.27.